The van der Waals surface area contributed by atoms with Crippen molar-refractivity contribution in [2.75, 3.05) is 26.0 Å². The molecule has 1 rings (SSSR count). The van der Waals surface area contributed by atoms with Crippen LogP contribution in [0.3, 0.4) is 0 Å². The molecule has 0 radical (unpaired) electrons. The van der Waals surface area contributed by atoms with Crippen LogP contribution in [0, 0.1) is 18.3 Å². The first-order chi connectivity index (χ1) is 10.4. The van der Waals surface area contributed by atoms with Gasteiger partial charge in [0.25, 0.3) is 5.91 Å². The fourth-order valence-electron chi connectivity index (χ4n) is 1.55. The van der Waals surface area contributed by atoms with Crippen LogP contribution in [0.4, 0.5) is 0 Å². The molecule has 0 saturated heterocycles. The molecule has 0 atom stereocenters. The van der Waals surface area contributed by atoms with Crippen molar-refractivity contribution < 1.29 is 14.3 Å². The highest BCUT2D eigenvalue weighted by atomic mass is 79.9. The molecular weight excluding hydrogens is 368 g/mol. The second-order valence-corrected chi connectivity index (χ2v) is 6.52. The van der Waals surface area contributed by atoms with Gasteiger partial charge in [-0.15, -0.1) is 11.8 Å². The molecule has 0 bridgehead atoms. The van der Waals surface area contributed by atoms with Crippen molar-refractivity contribution in [3.63, 3.8) is 0 Å². The van der Waals surface area contributed by atoms with Crippen LogP contribution in [0.2, 0.25) is 0 Å². The van der Waals surface area contributed by atoms with Gasteiger partial charge in [0.1, 0.15) is 0 Å². The first-order valence-electron chi connectivity index (χ1n) is 6.59. The SMILES string of the molecule is Cc1cc(Br)ccc1SCC(=O)OCC(=O)N(C)CCC#N. The maximum atomic E-state index is 11.7. The third-order valence-corrected chi connectivity index (χ3v) is 4.47. The summed E-state index contributed by atoms with van der Waals surface area (Å²) in [4.78, 5) is 25.7. The van der Waals surface area contributed by atoms with Gasteiger partial charge in [-0.3, -0.25) is 9.59 Å². The van der Waals surface area contributed by atoms with Gasteiger partial charge in [-0.05, 0) is 30.7 Å². The molecule has 118 valence electrons. The van der Waals surface area contributed by atoms with Crippen molar-refractivity contribution in [2.24, 2.45) is 0 Å². The second-order valence-electron chi connectivity index (χ2n) is 4.58. The molecule has 0 aliphatic heterocycles. The molecule has 0 fully saturated rings. The van der Waals surface area contributed by atoms with Crippen LogP contribution in [-0.4, -0.2) is 42.7 Å². The zero-order valence-corrected chi connectivity index (χ0v) is 14.9. The summed E-state index contributed by atoms with van der Waals surface area (Å²) in [5, 5.41) is 8.45. The van der Waals surface area contributed by atoms with Gasteiger partial charge in [-0.2, -0.15) is 5.26 Å². The molecule has 5 nitrogen and oxygen atoms in total. The maximum absolute atomic E-state index is 11.7. The number of likely N-dealkylation sites (N-methyl/N-ethyl adjacent to an activating group) is 1. The van der Waals surface area contributed by atoms with Gasteiger partial charge in [0.2, 0.25) is 0 Å². The minimum atomic E-state index is -0.436. The third kappa shape index (κ3) is 6.50. The molecule has 0 unspecified atom stereocenters. The number of nitriles is 1. The first-order valence-corrected chi connectivity index (χ1v) is 8.37. The number of halogens is 1. The molecule has 0 heterocycles. The fourth-order valence-corrected chi connectivity index (χ4v) is 2.83. The average Bonchev–Trinajstić information content (AvgIpc) is 2.49. The molecule has 1 aromatic rings. The Morgan fingerprint density at radius 2 is 2.18 bits per heavy atom. The minimum absolute atomic E-state index is 0.150. The van der Waals surface area contributed by atoms with E-state index < -0.39 is 5.97 Å². The van der Waals surface area contributed by atoms with Crippen LogP contribution in [0.25, 0.3) is 0 Å². The van der Waals surface area contributed by atoms with Crippen LogP contribution in [0.1, 0.15) is 12.0 Å². The Morgan fingerprint density at radius 3 is 2.82 bits per heavy atom. The van der Waals surface area contributed by atoms with Crippen LogP contribution in [0.5, 0.6) is 0 Å². The number of aryl methyl sites for hydroxylation is 1. The van der Waals surface area contributed by atoms with E-state index in [0.29, 0.717) is 6.54 Å². The molecule has 0 saturated carbocycles. The summed E-state index contributed by atoms with van der Waals surface area (Å²) in [6.07, 6.45) is 0.259. The number of hydrogen-bond donors (Lipinski definition) is 0. The molecule has 1 aromatic carbocycles. The summed E-state index contributed by atoms with van der Waals surface area (Å²) >= 11 is 4.76. The highest BCUT2D eigenvalue weighted by Gasteiger charge is 2.12. The summed E-state index contributed by atoms with van der Waals surface area (Å²) in [5.74, 6) is -0.597. The van der Waals surface area contributed by atoms with Crippen molar-refractivity contribution in [1.29, 1.82) is 5.26 Å². The van der Waals surface area contributed by atoms with E-state index >= 15 is 0 Å². The number of amides is 1. The Bertz CT molecular complexity index is 587. The number of esters is 1. The van der Waals surface area contributed by atoms with E-state index in [1.54, 1.807) is 7.05 Å². The van der Waals surface area contributed by atoms with E-state index in [4.69, 9.17) is 10.00 Å². The summed E-state index contributed by atoms with van der Waals surface area (Å²) in [6.45, 7) is 2.01. The fraction of sp³-hybridized carbons (Fsp3) is 0.400. The minimum Gasteiger partial charge on any atom is -0.455 e. The first kappa shape index (κ1) is 18.5. The summed E-state index contributed by atoms with van der Waals surface area (Å²) in [5.41, 5.74) is 1.07. The Hall–Kier alpha value is -1.52. The lowest BCUT2D eigenvalue weighted by Gasteiger charge is -2.15. The van der Waals surface area contributed by atoms with Crippen molar-refractivity contribution in [3.05, 3.63) is 28.2 Å². The lowest BCUT2D eigenvalue weighted by molar-refractivity contribution is -0.149. The van der Waals surface area contributed by atoms with Crippen molar-refractivity contribution in [2.45, 2.75) is 18.2 Å². The highest BCUT2D eigenvalue weighted by molar-refractivity contribution is 9.10. The number of thioether (sulfide) groups is 1. The largest absolute Gasteiger partial charge is 0.455 e. The number of nitrogens with zero attached hydrogens (tertiary/aromatic N) is 2. The lowest BCUT2D eigenvalue weighted by Crippen LogP contribution is -2.32. The monoisotopic (exact) mass is 384 g/mol. The number of ether oxygens (including phenoxy) is 1. The molecule has 0 aromatic heterocycles. The van der Waals surface area contributed by atoms with Crippen LogP contribution in [-0.2, 0) is 14.3 Å². The smallest absolute Gasteiger partial charge is 0.316 e. The van der Waals surface area contributed by atoms with E-state index in [-0.39, 0.29) is 24.7 Å². The highest BCUT2D eigenvalue weighted by Crippen LogP contribution is 2.25. The predicted molar refractivity (Wildman–Crippen MR) is 88.4 cm³/mol. The van der Waals surface area contributed by atoms with E-state index in [9.17, 15) is 9.59 Å². The zero-order chi connectivity index (χ0) is 16.5. The van der Waals surface area contributed by atoms with E-state index in [2.05, 4.69) is 15.9 Å². The van der Waals surface area contributed by atoms with Gasteiger partial charge in [-0.1, -0.05) is 15.9 Å². The molecule has 0 spiro atoms. The van der Waals surface area contributed by atoms with E-state index in [1.165, 1.54) is 16.7 Å². The molecule has 7 heteroatoms. The van der Waals surface area contributed by atoms with Crippen LogP contribution >= 0.6 is 27.7 Å². The van der Waals surface area contributed by atoms with Crippen molar-refractivity contribution in [1.82, 2.24) is 4.90 Å². The maximum Gasteiger partial charge on any atom is 0.316 e. The molecule has 0 aliphatic carbocycles. The van der Waals surface area contributed by atoms with Gasteiger partial charge >= 0.3 is 5.97 Å². The Labute approximate surface area is 142 Å². The van der Waals surface area contributed by atoms with E-state index in [0.717, 1.165) is 14.9 Å². The molecule has 0 aliphatic rings. The molecule has 0 N–H and O–H groups in total. The van der Waals surface area contributed by atoms with E-state index in [1.807, 2.05) is 31.2 Å². The molecular formula is C15H17BrN2O3S. The number of hydrogen-bond acceptors (Lipinski definition) is 5. The summed E-state index contributed by atoms with van der Waals surface area (Å²) in [7, 11) is 1.58. The van der Waals surface area contributed by atoms with Crippen molar-refractivity contribution >= 4 is 39.6 Å². The molecule has 1 amide bonds. The Balaban J connectivity index is 2.34. The standard InChI is InChI=1S/C15H17BrN2O3S/c1-11-8-12(16)4-5-13(11)22-10-15(20)21-9-14(19)18(2)7-3-6-17/h4-5,8H,3,7,9-10H2,1-2H3. The third-order valence-electron chi connectivity index (χ3n) is 2.82. The Kier molecular flexibility index (Phi) is 7.99. The molecule has 22 heavy (non-hydrogen) atoms. The number of carbonyl (C=O) groups is 2. The summed E-state index contributed by atoms with van der Waals surface area (Å²) in [6, 6.07) is 7.77. The second kappa shape index (κ2) is 9.49. The lowest BCUT2D eigenvalue weighted by atomic mass is 10.2. The zero-order valence-electron chi connectivity index (χ0n) is 12.5. The number of rotatable bonds is 7. The number of benzene rings is 1. The van der Waals surface area contributed by atoms with Gasteiger partial charge < -0.3 is 9.64 Å². The Morgan fingerprint density at radius 1 is 1.45 bits per heavy atom. The van der Waals surface area contributed by atoms with Gasteiger partial charge in [-0.25, -0.2) is 0 Å². The van der Waals surface area contributed by atoms with Gasteiger partial charge in [0.15, 0.2) is 6.61 Å². The van der Waals surface area contributed by atoms with Gasteiger partial charge in [0.05, 0.1) is 18.2 Å². The van der Waals surface area contributed by atoms with Crippen molar-refractivity contribution in [3.8, 4) is 6.07 Å². The normalized spacial score (nSPS) is 9.91. The average molecular weight is 385 g/mol. The topological polar surface area (TPSA) is 70.4 Å². The van der Waals surface area contributed by atoms with Crippen LogP contribution < -0.4 is 0 Å². The quantitative estimate of drug-likeness (QED) is 0.533. The summed E-state index contributed by atoms with van der Waals surface area (Å²) < 4.78 is 5.94. The number of carbonyl (C=O) groups excluding carboxylic acids is 2. The predicted octanol–water partition coefficient (Wildman–Crippen LogP) is 2.76. The van der Waals surface area contributed by atoms with Gasteiger partial charge in [0, 0.05) is 23.0 Å². The van der Waals surface area contributed by atoms with Crippen LogP contribution in [0.15, 0.2) is 27.6 Å².